The fraction of sp³-hybridized carbons (Fsp3) is 0.294. The van der Waals surface area contributed by atoms with Crippen molar-refractivity contribution in [1.29, 1.82) is 0 Å². The van der Waals surface area contributed by atoms with Gasteiger partial charge in [0.25, 0.3) is 0 Å². The van der Waals surface area contributed by atoms with Crippen molar-refractivity contribution < 1.29 is 17.9 Å². The summed E-state index contributed by atoms with van der Waals surface area (Å²) in [6.07, 6.45) is 0. The fourth-order valence-electron chi connectivity index (χ4n) is 2.26. The molecule has 0 bridgehead atoms. The molecule has 0 fully saturated rings. The largest absolute Gasteiger partial charge is 0.493 e. The lowest BCUT2D eigenvalue weighted by Crippen LogP contribution is -2.24. The topological polar surface area (TPSA) is 64.6 Å². The van der Waals surface area contributed by atoms with Crippen LogP contribution in [-0.4, -0.2) is 22.6 Å². The van der Waals surface area contributed by atoms with Gasteiger partial charge in [-0.25, -0.2) is 13.1 Å². The smallest absolute Gasteiger partial charge is 0.216 e. The molecular weight excluding hydrogens is 314 g/mol. The Morgan fingerprint density at radius 3 is 2.35 bits per heavy atom. The van der Waals surface area contributed by atoms with Crippen LogP contribution in [0.25, 0.3) is 0 Å². The van der Waals surface area contributed by atoms with E-state index in [-0.39, 0.29) is 12.3 Å². The first-order valence-corrected chi connectivity index (χ1v) is 8.82. The highest BCUT2D eigenvalue weighted by molar-refractivity contribution is 7.88. The molecular formula is C17H21NO4S. The first-order valence-electron chi connectivity index (χ1n) is 7.17. The average Bonchev–Trinajstić information content (AvgIpc) is 2.52. The Hall–Kier alpha value is -2.05. The van der Waals surface area contributed by atoms with Crippen LogP contribution in [0.5, 0.6) is 11.5 Å². The van der Waals surface area contributed by atoms with Gasteiger partial charge in [0.2, 0.25) is 10.0 Å². The summed E-state index contributed by atoms with van der Waals surface area (Å²) in [6.45, 7) is 2.14. The predicted octanol–water partition coefficient (Wildman–Crippen LogP) is 2.63. The second-order valence-electron chi connectivity index (χ2n) is 5.26. The molecule has 0 saturated heterocycles. The lowest BCUT2D eigenvalue weighted by Gasteiger charge is -2.11. The van der Waals surface area contributed by atoms with Crippen LogP contribution >= 0.6 is 0 Å². The van der Waals surface area contributed by atoms with E-state index in [1.165, 1.54) is 0 Å². The first-order chi connectivity index (χ1) is 10.9. The van der Waals surface area contributed by atoms with Crippen LogP contribution in [0.15, 0.2) is 42.5 Å². The molecule has 0 radical (unpaired) electrons. The van der Waals surface area contributed by atoms with Gasteiger partial charge in [0.15, 0.2) is 11.5 Å². The first kappa shape index (κ1) is 17.3. The molecule has 0 unspecified atom stereocenters. The summed E-state index contributed by atoms with van der Waals surface area (Å²) in [7, 11) is -0.304. The molecule has 2 aromatic rings. The third-order valence-corrected chi connectivity index (χ3v) is 4.68. The van der Waals surface area contributed by atoms with E-state index in [4.69, 9.17) is 9.47 Å². The molecule has 0 spiro atoms. The molecule has 0 aliphatic heterocycles. The third-order valence-electron chi connectivity index (χ3n) is 3.38. The molecule has 0 aromatic heterocycles. The Labute approximate surface area is 137 Å². The van der Waals surface area contributed by atoms with Crippen LogP contribution in [0.4, 0.5) is 0 Å². The molecule has 2 rings (SSSR count). The van der Waals surface area contributed by atoms with E-state index in [0.29, 0.717) is 11.5 Å². The van der Waals surface area contributed by atoms with Crippen LogP contribution in [0.1, 0.15) is 16.7 Å². The molecule has 6 heteroatoms. The van der Waals surface area contributed by atoms with Gasteiger partial charge in [-0.2, -0.15) is 0 Å². The maximum absolute atomic E-state index is 12.2. The maximum atomic E-state index is 12.2. The summed E-state index contributed by atoms with van der Waals surface area (Å²) in [5, 5.41) is 0. The summed E-state index contributed by atoms with van der Waals surface area (Å²) in [4.78, 5) is 0. The van der Waals surface area contributed by atoms with Crippen molar-refractivity contribution in [1.82, 2.24) is 4.72 Å². The molecule has 23 heavy (non-hydrogen) atoms. The second kappa shape index (κ2) is 7.48. The highest BCUT2D eigenvalue weighted by atomic mass is 32.2. The van der Waals surface area contributed by atoms with Gasteiger partial charge in [-0.1, -0.05) is 35.9 Å². The van der Waals surface area contributed by atoms with Crippen LogP contribution in [0, 0.1) is 6.92 Å². The Bertz CT molecular complexity index is 772. The summed E-state index contributed by atoms with van der Waals surface area (Å²) in [5.74, 6) is 1.14. The lowest BCUT2D eigenvalue weighted by molar-refractivity contribution is 0.354. The molecule has 5 nitrogen and oxygen atoms in total. The van der Waals surface area contributed by atoms with Gasteiger partial charge in [-0.15, -0.1) is 0 Å². The van der Waals surface area contributed by atoms with E-state index in [0.717, 1.165) is 16.7 Å². The molecule has 0 heterocycles. The SMILES string of the molecule is COc1ccc(CNS(=O)(=O)Cc2cccc(C)c2)cc1OC. The zero-order chi connectivity index (χ0) is 16.9. The van der Waals surface area contributed by atoms with Crippen LogP contribution in [0.2, 0.25) is 0 Å². The number of benzene rings is 2. The second-order valence-corrected chi connectivity index (χ2v) is 7.07. The highest BCUT2D eigenvalue weighted by Crippen LogP contribution is 2.27. The number of sulfonamides is 1. The van der Waals surface area contributed by atoms with E-state index in [1.54, 1.807) is 32.4 Å². The van der Waals surface area contributed by atoms with Gasteiger partial charge in [0, 0.05) is 6.54 Å². The number of hydrogen-bond acceptors (Lipinski definition) is 4. The molecule has 0 saturated carbocycles. The molecule has 1 N–H and O–H groups in total. The summed E-state index contributed by atoms with van der Waals surface area (Å²) < 4.78 is 37.4. The van der Waals surface area contributed by atoms with Gasteiger partial charge in [0.05, 0.1) is 20.0 Å². The summed E-state index contributed by atoms with van der Waals surface area (Å²) in [6, 6.07) is 12.8. The van der Waals surface area contributed by atoms with Gasteiger partial charge in [-0.05, 0) is 30.2 Å². The van der Waals surface area contributed by atoms with Gasteiger partial charge >= 0.3 is 0 Å². The molecule has 0 aliphatic rings. The van der Waals surface area contributed by atoms with Crippen LogP contribution in [0.3, 0.4) is 0 Å². The maximum Gasteiger partial charge on any atom is 0.216 e. The zero-order valence-corrected chi connectivity index (χ0v) is 14.3. The standard InChI is InChI=1S/C17H21NO4S/c1-13-5-4-6-15(9-13)12-23(19,20)18-11-14-7-8-16(21-2)17(10-14)22-3/h4-10,18H,11-12H2,1-3H3. The van der Waals surface area contributed by atoms with Gasteiger partial charge in [-0.3, -0.25) is 0 Å². The van der Waals surface area contributed by atoms with Crippen molar-refractivity contribution >= 4 is 10.0 Å². The molecule has 0 atom stereocenters. The predicted molar refractivity (Wildman–Crippen MR) is 90.2 cm³/mol. The Morgan fingerprint density at radius 1 is 0.957 bits per heavy atom. The van der Waals surface area contributed by atoms with Crippen molar-refractivity contribution in [3.05, 3.63) is 59.2 Å². The summed E-state index contributed by atoms with van der Waals surface area (Å²) in [5.41, 5.74) is 2.61. The third kappa shape index (κ3) is 4.97. The minimum absolute atomic E-state index is 0.0397. The zero-order valence-electron chi connectivity index (χ0n) is 13.5. The fourth-order valence-corrected chi connectivity index (χ4v) is 3.36. The van der Waals surface area contributed by atoms with E-state index in [1.807, 2.05) is 31.2 Å². The average molecular weight is 335 g/mol. The molecule has 2 aromatic carbocycles. The van der Waals surface area contributed by atoms with E-state index in [9.17, 15) is 8.42 Å². The van der Waals surface area contributed by atoms with Crippen molar-refractivity contribution in [3.63, 3.8) is 0 Å². The minimum Gasteiger partial charge on any atom is -0.493 e. The van der Waals surface area contributed by atoms with E-state index >= 15 is 0 Å². The number of rotatable bonds is 7. The van der Waals surface area contributed by atoms with Crippen molar-refractivity contribution in [2.24, 2.45) is 0 Å². The number of ether oxygens (including phenoxy) is 2. The number of hydrogen-bond donors (Lipinski definition) is 1. The normalized spacial score (nSPS) is 11.3. The number of aryl methyl sites for hydroxylation is 1. The summed E-state index contributed by atoms with van der Waals surface area (Å²) >= 11 is 0. The molecule has 0 aliphatic carbocycles. The Kier molecular flexibility index (Phi) is 5.63. The molecule has 124 valence electrons. The van der Waals surface area contributed by atoms with Gasteiger partial charge < -0.3 is 9.47 Å². The van der Waals surface area contributed by atoms with Crippen LogP contribution < -0.4 is 14.2 Å². The van der Waals surface area contributed by atoms with Crippen molar-refractivity contribution in [2.45, 2.75) is 19.2 Å². The van der Waals surface area contributed by atoms with Crippen LogP contribution in [-0.2, 0) is 22.3 Å². The number of nitrogens with one attached hydrogen (secondary N) is 1. The lowest BCUT2D eigenvalue weighted by atomic mass is 10.2. The Balaban J connectivity index is 2.04. The molecule has 0 amide bonds. The van der Waals surface area contributed by atoms with E-state index < -0.39 is 10.0 Å². The number of methoxy groups -OCH3 is 2. The monoisotopic (exact) mass is 335 g/mol. The van der Waals surface area contributed by atoms with Gasteiger partial charge in [0.1, 0.15) is 0 Å². The van der Waals surface area contributed by atoms with E-state index in [2.05, 4.69) is 4.72 Å². The Morgan fingerprint density at radius 2 is 1.70 bits per heavy atom. The highest BCUT2D eigenvalue weighted by Gasteiger charge is 2.12. The van der Waals surface area contributed by atoms with Crippen molar-refractivity contribution in [2.75, 3.05) is 14.2 Å². The quantitative estimate of drug-likeness (QED) is 0.845. The minimum atomic E-state index is -3.41. The van der Waals surface area contributed by atoms with Crippen molar-refractivity contribution in [3.8, 4) is 11.5 Å².